The molecule has 0 aliphatic rings. The van der Waals surface area contributed by atoms with E-state index >= 15 is 0 Å². The monoisotopic (exact) mass is 577 g/mol. The number of nitrogens with zero attached hydrogens (tertiary/aromatic N) is 2. The van der Waals surface area contributed by atoms with Gasteiger partial charge in [0.05, 0.1) is 27.7 Å². The quantitative estimate of drug-likeness (QED) is 0.354. The smallest absolute Gasteiger partial charge is 0.264 e. The van der Waals surface area contributed by atoms with Crippen molar-refractivity contribution >= 4 is 50.7 Å². The Morgan fingerprint density at radius 3 is 2.21 bits per heavy atom. The van der Waals surface area contributed by atoms with Gasteiger partial charge in [-0.2, -0.15) is 0 Å². The number of rotatable bonds is 11. The number of likely N-dealkylation sites (N-methyl/N-ethyl adjacent to an activating group) is 1. The minimum atomic E-state index is -4.14. The van der Waals surface area contributed by atoms with Crippen molar-refractivity contribution in [3.05, 3.63) is 88.4 Å². The number of anilines is 1. The second kappa shape index (κ2) is 13.0. The van der Waals surface area contributed by atoms with Gasteiger partial charge in [0.25, 0.3) is 10.0 Å². The zero-order chi connectivity index (χ0) is 27.9. The molecule has 0 saturated heterocycles. The molecule has 202 valence electrons. The molecule has 0 spiro atoms. The van der Waals surface area contributed by atoms with Crippen molar-refractivity contribution in [2.75, 3.05) is 24.5 Å². The molecule has 1 atom stereocenters. The predicted octanol–water partition coefficient (Wildman–Crippen LogP) is 4.75. The summed E-state index contributed by atoms with van der Waals surface area (Å²) in [5, 5.41) is 3.37. The van der Waals surface area contributed by atoms with Crippen LogP contribution in [0.15, 0.2) is 77.7 Å². The molecule has 3 rings (SSSR count). The van der Waals surface area contributed by atoms with Crippen molar-refractivity contribution in [1.29, 1.82) is 0 Å². The predicted molar refractivity (Wildman–Crippen MR) is 149 cm³/mol. The van der Waals surface area contributed by atoms with Gasteiger partial charge < -0.3 is 15.0 Å². The van der Waals surface area contributed by atoms with Gasteiger partial charge in [0.1, 0.15) is 18.3 Å². The lowest BCUT2D eigenvalue weighted by Gasteiger charge is -2.32. The standard InChI is InChI=1S/C27H29Cl2N3O5S/c1-4-30-27(34)19(2)31(17-20-10-15-24(28)25(29)16-20)26(33)18-32(21-11-13-22(37-3)14-12-21)38(35,36)23-8-6-5-7-9-23/h5-16,19H,4,17-18H2,1-3H3,(H,30,34)/t19-/m1/s1. The number of hydrogen-bond acceptors (Lipinski definition) is 5. The highest BCUT2D eigenvalue weighted by atomic mass is 35.5. The van der Waals surface area contributed by atoms with Crippen LogP contribution in [-0.4, -0.2) is 51.4 Å². The number of methoxy groups -OCH3 is 1. The molecule has 0 radical (unpaired) electrons. The number of carbonyl (C=O) groups is 2. The Balaban J connectivity index is 2.03. The van der Waals surface area contributed by atoms with E-state index in [0.29, 0.717) is 27.9 Å². The highest BCUT2D eigenvalue weighted by molar-refractivity contribution is 7.92. The van der Waals surface area contributed by atoms with Gasteiger partial charge in [0, 0.05) is 13.1 Å². The minimum Gasteiger partial charge on any atom is -0.497 e. The number of ether oxygens (including phenoxy) is 1. The van der Waals surface area contributed by atoms with Crippen LogP contribution in [0.25, 0.3) is 0 Å². The molecule has 0 fully saturated rings. The molecular formula is C27H29Cl2N3O5S. The van der Waals surface area contributed by atoms with E-state index < -0.39 is 28.5 Å². The summed E-state index contributed by atoms with van der Waals surface area (Å²) in [5.74, 6) is -0.420. The van der Waals surface area contributed by atoms with Crippen LogP contribution in [0, 0.1) is 0 Å². The molecule has 0 unspecified atom stereocenters. The van der Waals surface area contributed by atoms with Crippen molar-refractivity contribution in [3.8, 4) is 5.75 Å². The molecule has 3 aromatic rings. The summed E-state index contributed by atoms with van der Waals surface area (Å²) in [6.45, 7) is 3.19. The van der Waals surface area contributed by atoms with Gasteiger partial charge in [-0.1, -0.05) is 47.5 Å². The minimum absolute atomic E-state index is 0.00978. The van der Waals surface area contributed by atoms with Crippen molar-refractivity contribution in [1.82, 2.24) is 10.2 Å². The summed E-state index contributed by atoms with van der Waals surface area (Å²) in [4.78, 5) is 27.9. The summed E-state index contributed by atoms with van der Waals surface area (Å²) in [5.41, 5.74) is 0.897. The van der Waals surface area contributed by atoms with Crippen molar-refractivity contribution < 1.29 is 22.7 Å². The first kappa shape index (κ1) is 29.3. The van der Waals surface area contributed by atoms with Gasteiger partial charge in [-0.05, 0) is 67.9 Å². The highest BCUT2D eigenvalue weighted by Gasteiger charge is 2.32. The summed E-state index contributed by atoms with van der Waals surface area (Å²) in [6.07, 6.45) is 0. The Morgan fingerprint density at radius 1 is 0.974 bits per heavy atom. The first-order valence-corrected chi connectivity index (χ1v) is 14.0. The van der Waals surface area contributed by atoms with E-state index in [1.165, 1.54) is 24.1 Å². The average Bonchev–Trinajstić information content (AvgIpc) is 2.92. The van der Waals surface area contributed by atoms with Gasteiger partial charge in [-0.3, -0.25) is 13.9 Å². The highest BCUT2D eigenvalue weighted by Crippen LogP contribution is 2.27. The van der Waals surface area contributed by atoms with Crippen LogP contribution in [0.3, 0.4) is 0 Å². The van der Waals surface area contributed by atoms with E-state index in [1.807, 2.05) is 0 Å². The zero-order valence-corrected chi connectivity index (χ0v) is 23.6. The van der Waals surface area contributed by atoms with Crippen LogP contribution >= 0.6 is 23.2 Å². The van der Waals surface area contributed by atoms with Crippen LogP contribution in [0.5, 0.6) is 5.75 Å². The fourth-order valence-corrected chi connectivity index (χ4v) is 5.49. The SMILES string of the molecule is CCNC(=O)[C@@H](C)N(Cc1ccc(Cl)c(Cl)c1)C(=O)CN(c1ccc(OC)cc1)S(=O)(=O)c1ccccc1. The number of carbonyl (C=O) groups excluding carboxylic acids is 2. The van der Waals surface area contributed by atoms with E-state index in [2.05, 4.69) is 5.32 Å². The van der Waals surface area contributed by atoms with E-state index in [0.717, 1.165) is 4.31 Å². The number of sulfonamides is 1. The normalized spacial score (nSPS) is 11.9. The Morgan fingerprint density at radius 2 is 1.63 bits per heavy atom. The van der Waals surface area contributed by atoms with Crippen molar-refractivity contribution in [3.63, 3.8) is 0 Å². The Bertz CT molecular complexity index is 1370. The molecular weight excluding hydrogens is 549 g/mol. The number of hydrogen-bond donors (Lipinski definition) is 1. The number of amides is 2. The summed E-state index contributed by atoms with van der Waals surface area (Å²) >= 11 is 12.2. The second-order valence-corrected chi connectivity index (χ2v) is 11.0. The van der Waals surface area contributed by atoms with E-state index in [4.69, 9.17) is 27.9 Å². The lowest BCUT2D eigenvalue weighted by molar-refractivity contribution is -0.139. The van der Waals surface area contributed by atoms with Gasteiger partial charge in [0.15, 0.2) is 0 Å². The maximum absolute atomic E-state index is 13.8. The molecule has 0 saturated carbocycles. The maximum Gasteiger partial charge on any atom is 0.264 e. The van der Waals surface area contributed by atoms with E-state index in [9.17, 15) is 18.0 Å². The third-order valence-corrected chi connectivity index (χ3v) is 8.35. The Hall–Kier alpha value is -3.27. The van der Waals surface area contributed by atoms with Gasteiger partial charge in [-0.25, -0.2) is 8.42 Å². The molecule has 2 amide bonds. The molecule has 0 aromatic heterocycles. The molecule has 3 aromatic carbocycles. The molecule has 0 bridgehead atoms. The van der Waals surface area contributed by atoms with Gasteiger partial charge >= 0.3 is 0 Å². The number of halogens is 2. The summed E-state index contributed by atoms with van der Waals surface area (Å²) in [7, 11) is -2.64. The van der Waals surface area contributed by atoms with Crippen LogP contribution in [0.4, 0.5) is 5.69 Å². The van der Waals surface area contributed by atoms with Crippen LogP contribution in [-0.2, 0) is 26.2 Å². The third-order valence-electron chi connectivity index (χ3n) is 5.83. The Labute approximate surface area is 233 Å². The molecule has 0 aliphatic carbocycles. The molecule has 0 aliphatic heterocycles. The van der Waals surface area contributed by atoms with Crippen molar-refractivity contribution in [2.45, 2.75) is 31.3 Å². The fraction of sp³-hybridized carbons (Fsp3) is 0.259. The van der Waals surface area contributed by atoms with Crippen LogP contribution in [0.1, 0.15) is 19.4 Å². The van der Waals surface area contributed by atoms with Gasteiger partial charge in [-0.15, -0.1) is 0 Å². The first-order chi connectivity index (χ1) is 18.1. The fourth-order valence-electron chi connectivity index (χ4n) is 3.74. The summed E-state index contributed by atoms with van der Waals surface area (Å²) in [6, 6.07) is 18.2. The number of benzene rings is 3. The maximum atomic E-state index is 13.8. The molecule has 0 heterocycles. The Kier molecular flexibility index (Phi) is 10.0. The zero-order valence-electron chi connectivity index (χ0n) is 21.2. The molecule has 38 heavy (non-hydrogen) atoms. The lowest BCUT2D eigenvalue weighted by Crippen LogP contribution is -2.51. The molecule has 8 nitrogen and oxygen atoms in total. The van der Waals surface area contributed by atoms with E-state index in [-0.39, 0.29) is 23.0 Å². The topological polar surface area (TPSA) is 96.0 Å². The largest absolute Gasteiger partial charge is 0.497 e. The summed E-state index contributed by atoms with van der Waals surface area (Å²) < 4.78 is 33.6. The average molecular weight is 579 g/mol. The van der Waals surface area contributed by atoms with Gasteiger partial charge in [0.2, 0.25) is 11.8 Å². The molecule has 11 heteroatoms. The number of nitrogens with one attached hydrogen (secondary N) is 1. The lowest BCUT2D eigenvalue weighted by atomic mass is 10.1. The third kappa shape index (κ3) is 6.98. The van der Waals surface area contributed by atoms with E-state index in [1.54, 1.807) is 74.5 Å². The molecule has 1 N–H and O–H groups in total. The van der Waals surface area contributed by atoms with Crippen molar-refractivity contribution in [2.24, 2.45) is 0 Å². The van der Waals surface area contributed by atoms with Crippen LogP contribution < -0.4 is 14.4 Å². The second-order valence-electron chi connectivity index (χ2n) is 8.36. The first-order valence-electron chi connectivity index (χ1n) is 11.8. The van der Waals surface area contributed by atoms with Crippen LogP contribution in [0.2, 0.25) is 10.0 Å².